The van der Waals surface area contributed by atoms with Gasteiger partial charge in [0.1, 0.15) is 0 Å². The number of rotatable bonds is 4. The van der Waals surface area contributed by atoms with Crippen molar-refractivity contribution in [2.75, 3.05) is 25.5 Å². The Bertz CT molecular complexity index is 580. The monoisotopic (exact) mass is 274 g/mol. The number of aliphatic hydroxyl groups excluding tert-OH is 1. The van der Waals surface area contributed by atoms with Gasteiger partial charge in [-0.2, -0.15) is 0 Å². The van der Waals surface area contributed by atoms with Crippen LogP contribution in [0.4, 0.5) is 10.6 Å². The maximum atomic E-state index is 11.9. The number of nitrogens with zero attached hydrogens (tertiary/aromatic N) is 3. The number of hydrogen-bond acceptors (Lipinski definition) is 3. The fourth-order valence-corrected chi connectivity index (χ4v) is 1.74. The Kier molecular flexibility index (Phi) is 4.37. The Morgan fingerprint density at radius 1 is 1.40 bits per heavy atom. The number of aliphatic hydroxyl groups is 1. The van der Waals surface area contributed by atoms with Gasteiger partial charge in [-0.15, -0.1) is 5.10 Å². The minimum Gasteiger partial charge on any atom is -0.395 e. The van der Waals surface area contributed by atoms with Gasteiger partial charge < -0.3 is 10.0 Å². The van der Waals surface area contributed by atoms with Crippen LogP contribution >= 0.6 is 0 Å². The van der Waals surface area contributed by atoms with E-state index in [9.17, 15) is 4.79 Å². The van der Waals surface area contributed by atoms with E-state index in [4.69, 9.17) is 5.11 Å². The van der Waals surface area contributed by atoms with E-state index in [1.54, 1.807) is 11.7 Å². The van der Waals surface area contributed by atoms with Gasteiger partial charge in [-0.05, 0) is 19.1 Å². The molecule has 20 heavy (non-hydrogen) atoms. The zero-order chi connectivity index (χ0) is 14.5. The number of amides is 2. The summed E-state index contributed by atoms with van der Waals surface area (Å²) in [5.74, 6) is 0.517. The molecular formula is C14H18N4O2. The number of carbonyl (C=O) groups is 1. The van der Waals surface area contributed by atoms with Gasteiger partial charge in [-0.1, -0.05) is 18.2 Å². The molecule has 0 atom stereocenters. The number of anilines is 1. The third-order valence-corrected chi connectivity index (χ3v) is 2.93. The number of para-hydroxylation sites is 1. The molecule has 0 aliphatic carbocycles. The van der Waals surface area contributed by atoms with Crippen LogP contribution < -0.4 is 5.32 Å². The molecule has 1 aromatic heterocycles. The van der Waals surface area contributed by atoms with Crippen molar-refractivity contribution >= 4 is 11.8 Å². The molecule has 1 aromatic carbocycles. The average Bonchev–Trinajstić information content (AvgIpc) is 2.81. The van der Waals surface area contributed by atoms with E-state index in [1.165, 1.54) is 4.90 Å². The second-order valence-corrected chi connectivity index (χ2v) is 4.52. The standard InChI is InChI=1S/C14H18N4O2/c1-11-10-18(12-6-4-3-5-7-12)16-13(11)15-14(20)17(2)8-9-19/h3-7,10,19H,8-9H2,1-2H3,(H,15,16,20). The van der Waals surface area contributed by atoms with Crippen molar-refractivity contribution in [3.05, 3.63) is 42.1 Å². The van der Waals surface area contributed by atoms with E-state index < -0.39 is 0 Å². The highest BCUT2D eigenvalue weighted by molar-refractivity contribution is 5.88. The number of aromatic nitrogens is 2. The van der Waals surface area contributed by atoms with Gasteiger partial charge in [0.2, 0.25) is 0 Å². The molecule has 6 heteroatoms. The van der Waals surface area contributed by atoms with Crippen molar-refractivity contribution in [1.29, 1.82) is 0 Å². The largest absolute Gasteiger partial charge is 0.395 e. The Morgan fingerprint density at radius 3 is 2.75 bits per heavy atom. The number of carbonyl (C=O) groups excluding carboxylic acids is 1. The summed E-state index contributed by atoms with van der Waals surface area (Å²) in [7, 11) is 1.62. The van der Waals surface area contributed by atoms with Gasteiger partial charge in [0.25, 0.3) is 0 Å². The fraction of sp³-hybridized carbons (Fsp3) is 0.286. The quantitative estimate of drug-likeness (QED) is 0.890. The lowest BCUT2D eigenvalue weighted by molar-refractivity contribution is 0.202. The lowest BCUT2D eigenvalue weighted by Crippen LogP contribution is -2.33. The molecule has 0 aliphatic heterocycles. The number of nitrogens with one attached hydrogen (secondary N) is 1. The summed E-state index contributed by atoms with van der Waals surface area (Å²) in [6.07, 6.45) is 1.86. The van der Waals surface area contributed by atoms with Crippen LogP contribution in [0.25, 0.3) is 5.69 Å². The van der Waals surface area contributed by atoms with Crippen molar-refractivity contribution in [3.63, 3.8) is 0 Å². The van der Waals surface area contributed by atoms with Gasteiger partial charge in [-0.3, -0.25) is 5.32 Å². The molecule has 0 aliphatic rings. The van der Waals surface area contributed by atoms with E-state index in [0.717, 1.165) is 11.3 Å². The van der Waals surface area contributed by atoms with Crippen molar-refractivity contribution in [2.45, 2.75) is 6.92 Å². The van der Waals surface area contributed by atoms with Crippen LogP contribution in [0.15, 0.2) is 36.5 Å². The van der Waals surface area contributed by atoms with Crippen LogP contribution in [0, 0.1) is 6.92 Å². The Morgan fingerprint density at radius 2 is 2.10 bits per heavy atom. The molecule has 0 saturated heterocycles. The maximum absolute atomic E-state index is 11.9. The zero-order valence-electron chi connectivity index (χ0n) is 11.6. The highest BCUT2D eigenvalue weighted by Crippen LogP contribution is 2.15. The van der Waals surface area contributed by atoms with Crippen LogP contribution in [0.2, 0.25) is 0 Å². The number of hydrogen-bond donors (Lipinski definition) is 2. The van der Waals surface area contributed by atoms with Crippen LogP contribution in [0.5, 0.6) is 0 Å². The highest BCUT2D eigenvalue weighted by Gasteiger charge is 2.12. The average molecular weight is 274 g/mol. The Hall–Kier alpha value is -2.34. The molecule has 0 spiro atoms. The van der Waals surface area contributed by atoms with Gasteiger partial charge in [0, 0.05) is 25.4 Å². The molecule has 0 bridgehead atoms. The maximum Gasteiger partial charge on any atom is 0.322 e. The predicted molar refractivity (Wildman–Crippen MR) is 77.0 cm³/mol. The molecule has 6 nitrogen and oxygen atoms in total. The van der Waals surface area contributed by atoms with Crippen molar-refractivity contribution in [3.8, 4) is 5.69 Å². The number of benzene rings is 1. The molecule has 2 aromatic rings. The van der Waals surface area contributed by atoms with Crippen molar-refractivity contribution in [1.82, 2.24) is 14.7 Å². The molecule has 0 unspecified atom stereocenters. The number of likely N-dealkylation sites (N-methyl/N-ethyl adjacent to an activating group) is 1. The minimum atomic E-state index is -0.291. The Balaban J connectivity index is 2.14. The minimum absolute atomic E-state index is 0.0681. The predicted octanol–water partition coefficient (Wildman–Crippen LogP) is 1.64. The van der Waals surface area contributed by atoms with Gasteiger partial charge in [-0.25, -0.2) is 9.48 Å². The van der Waals surface area contributed by atoms with Gasteiger partial charge in [0.15, 0.2) is 5.82 Å². The summed E-state index contributed by atoms with van der Waals surface area (Å²) in [5, 5.41) is 15.9. The van der Waals surface area contributed by atoms with Crippen LogP contribution in [-0.2, 0) is 0 Å². The smallest absolute Gasteiger partial charge is 0.322 e. The van der Waals surface area contributed by atoms with Gasteiger partial charge in [0.05, 0.1) is 12.3 Å². The van der Waals surface area contributed by atoms with E-state index in [0.29, 0.717) is 5.82 Å². The van der Waals surface area contributed by atoms with Crippen LogP contribution in [-0.4, -0.2) is 46.0 Å². The summed E-state index contributed by atoms with van der Waals surface area (Å²) >= 11 is 0. The molecule has 1 heterocycles. The highest BCUT2D eigenvalue weighted by atomic mass is 16.3. The first-order valence-electron chi connectivity index (χ1n) is 6.36. The fourth-order valence-electron chi connectivity index (χ4n) is 1.74. The number of urea groups is 1. The van der Waals surface area contributed by atoms with E-state index in [1.807, 2.05) is 43.5 Å². The van der Waals surface area contributed by atoms with E-state index in [-0.39, 0.29) is 19.2 Å². The molecule has 0 saturated carbocycles. The summed E-state index contributed by atoms with van der Waals surface area (Å²) in [4.78, 5) is 13.3. The normalized spacial score (nSPS) is 10.3. The zero-order valence-corrected chi connectivity index (χ0v) is 11.6. The van der Waals surface area contributed by atoms with Crippen molar-refractivity contribution in [2.24, 2.45) is 0 Å². The molecule has 0 radical (unpaired) electrons. The number of aryl methyl sites for hydroxylation is 1. The molecule has 2 amide bonds. The second-order valence-electron chi connectivity index (χ2n) is 4.52. The SMILES string of the molecule is Cc1cn(-c2ccccc2)nc1NC(=O)N(C)CCO. The van der Waals surface area contributed by atoms with Crippen molar-refractivity contribution < 1.29 is 9.90 Å². The Labute approximate surface area is 117 Å². The van der Waals surface area contributed by atoms with E-state index >= 15 is 0 Å². The summed E-state index contributed by atoms with van der Waals surface area (Å²) in [6.45, 7) is 2.10. The molecule has 0 fully saturated rings. The first kappa shape index (κ1) is 14.1. The first-order valence-corrected chi connectivity index (χ1v) is 6.36. The first-order chi connectivity index (χ1) is 9.61. The lowest BCUT2D eigenvalue weighted by Gasteiger charge is -2.15. The third kappa shape index (κ3) is 3.16. The second kappa shape index (κ2) is 6.21. The molecule has 106 valence electrons. The molecule has 2 N–H and O–H groups in total. The summed E-state index contributed by atoms with van der Waals surface area (Å²) in [5.41, 5.74) is 1.81. The molecular weight excluding hydrogens is 256 g/mol. The lowest BCUT2D eigenvalue weighted by atomic mass is 10.3. The molecule has 2 rings (SSSR count). The van der Waals surface area contributed by atoms with E-state index in [2.05, 4.69) is 10.4 Å². The van der Waals surface area contributed by atoms with Crippen LogP contribution in [0.1, 0.15) is 5.56 Å². The third-order valence-electron chi connectivity index (χ3n) is 2.93. The van der Waals surface area contributed by atoms with Crippen LogP contribution in [0.3, 0.4) is 0 Å². The van der Waals surface area contributed by atoms with Gasteiger partial charge >= 0.3 is 6.03 Å². The summed E-state index contributed by atoms with van der Waals surface area (Å²) in [6, 6.07) is 9.39. The summed E-state index contributed by atoms with van der Waals surface area (Å²) < 4.78 is 1.72. The topological polar surface area (TPSA) is 70.4 Å².